The van der Waals surface area contributed by atoms with Crippen molar-refractivity contribution in [2.45, 2.75) is 128 Å². The molecule has 0 aromatic heterocycles. The van der Waals surface area contributed by atoms with Gasteiger partial charge in [-0.15, -0.1) is 55.8 Å². The number of hydrogen-bond donors (Lipinski definition) is 0. The van der Waals surface area contributed by atoms with Crippen LogP contribution in [0.1, 0.15) is 67.2 Å². The standard InChI is InChI=1S/4C9H10O5.2C8H8O5/c1-4-9(2,3)14-7(10)6-5-12-8(11)13-6;2*1-3-4-6(2)13-8(10)7-5-12-9(11)14-7;1-2-3-4-5-12-8(10)7-6-13-9(11)14-7;1-3-5(2)12-7(9)6-4-11-8(10)13-6;1-2-3-4-11-7(9)6-5-12-8(10)13-6/h1,6H,5H2,2-3H3;6-7H,5H2,1-2H3;1,6-7H,4-5H2,2H3;1,7H,3-6H2;1,5-6H,4H2,2H3;1,6H,3-5H2. The van der Waals surface area contributed by atoms with Gasteiger partial charge in [0.05, 0.1) is 6.61 Å². The lowest BCUT2D eigenvalue weighted by atomic mass is 10.1. The lowest BCUT2D eigenvalue weighted by Gasteiger charge is -2.19. The summed E-state index contributed by atoms with van der Waals surface area (Å²) in [4.78, 5) is 130. The zero-order valence-corrected chi connectivity index (χ0v) is 44.8. The van der Waals surface area contributed by atoms with E-state index in [0.29, 0.717) is 25.7 Å². The monoisotopic (exact) mass is 1160 g/mol. The SMILES string of the molecule is C#CC(C)(C)OC(=O)C1COC(=O)O1.C#CC(C)OC(=O)C1COC(=O)O1.C#CCC(C)OC(=O)C1COC(=O)O1.C#CCCCOC(=O)C1COC(=O)O1.C#CCCOC(=O)C1COC(=O)O1.CC#CC(C)OC(=O)C1COC(=O)O1. The van der Waals surface area contributed by atoms with E-state index in [9.17, 15) is 57.5 Å². The molecule has 0 amide bonds. The average molecular weight is 1160 g/mol. The maximum absolute atomic E-state index is 11.3. The summed E-state index contributed by atoms with van der Waals surface area (Å²) in [7, 11) is 0. The number of carbonyl (C=O) groups is 12. The highest BCUT2D eigenvalue weighted by atomic mass is 16.8. The van der Waals surface area contributed by atoms with Gasteiger partial charge in [-0.2, -0.15) is 0 Å². The first kappa shape index (κ1) is 69.8. The second kappa shape index (κ2) is 37.6. The summed E-state index contributed by atoms with van der Waals surface area (Å²) in [5.41, 5.74) is -1.01. The Balaban J connectivity index is 0.000000492. The van der Waals surface area contributed by atoms with Gasteiger partial charge in [0, 0.05) is 19.3 Å². The van der Waals surface area contributed by atoms with Crippen LogP contribution in [0.25, 0.3) is 0 Å². The van der Waals surface area contributed by atoms with Gasteiger partial charge in [-0.1, -0.05) is 17.8 Å². The van der Waals surface area contributed by atoms with Crippen LogP contribution >= 0.6 is 0 Å². The number of hydrogen-bond acceptors (Lipinski definition) is 30. The second-order valence-electron chi connectivity index (χ2n) is 16.1. The number of ether oxygens (including phenoxy) is 18. The molecule has 6 rings (SSSR count). The third-order valence-corrected chi connectivity index (χ3v) is 8.92. The molecule has 0 N–H and O–H groups in total. The molecule has 0 aromatic carbocycles. The van der Waals surface area contributed by atoms with E-state index >= 15 is 0 Å². The van der Waals surface area contributed by atoms with E-state index < -0.39 is 127 Å². The molecule has 30 nitrogen and oxygen atoms in total. The molecule has 6 fully saturated rings. The predicted octanol–water partition coefficient (Wildman–Crippen LogP) is 2.08. The fraction of sp³-hybridized carbons (Fsp3) is 0.538. The Morgan fingerprint density at radius 1 is 0.488 bits per heavy atom. The van der Waals surface area contributed by atoms with E-state index in [4.69, 9.17) is 55.8 Å². The Bertz CT molecular complexity index is 2550. The summed E-state index contributed by atoms with van der Waals surface area (Å²) in [6.07, 6.45) is 14.5. The molecule has 6 aliphatic rings. The van der Waals surface area contributed by atoms with Gasteiger partial charge in [-0.3, -0.25) is 0 Å². The minimum atomic E-state index is -1.01. The normalized spacial score (nSPS) is 20.9. The van der Waals surface area contributed by atoms with Gasteiger partial charge < -0.3 is 85.3 Å². The summed E-state index contributed by atoms with van der Waals surface area (Å²) in [6.45, 7) is 9.35. The second-order valence-corrected chi connectivity index (χ2v) is 16.1. The summed E-state index contributed by atoms with van der Waals surface area (Å²) in [6, 6.07) is 0. The highest BCUT2D eigenvalue weighted by Crippen LogP contribution is 2.15. The van der Waals surface area contributed by atoms with Crippen LogP contribution in [0.4, 0.5) is 28.8 Å². The summed E-state index contributed by atoms with van der Waals surface area (Å²) >= 11 is 0. The Morgan fingerprint density at radius 3 is 1.15 bits per heavy atom. The van der Waals surface area contributed by atoms with Crippen LogP contribution in [0.5, 0.6) is 0 Å². The molecule has 0 spiro atoms. The zero-order valence-electron chi connectivity index (χ0n) is 44.8. The number of cyclic esters (lactones) is 12. The van der Waals surface area contributed by atoms with Crippen LogP contribution < -0.4 is 0 Å². The van der Waals surface area contributed by atoms with E-state index in [1.165, 1.54) is 6.92 Å². The van der Waals surface area contributed by atoms with Crippen molar-refractivity contribution >= 4 is 72.7 Å². The minimum absolute atomic E-state index is 0.0766. The van der Waals surface area contributed by atoms with E-state index in [1.807, 2.05) is 0 Å². The Morgan fingerprint density at radius 2 is 0.829 bits per heavy atom. The molecule has 0 aromatic rings. The van der Waals surface area contributed by atoms with Crippen molar-refractivity contribution in [3.8, 4) is 73.6 Å². The Kier molecular flexibility index (Phi) is 32.0. The molecule has 82 heavy (non-hydrogen) atoms. The number of carbonyl (C=O) groups excluding carboxylic acids is 12. The number of terminal acetylenes is 5. The number of esters is 6. The van der Waals surface area contributed by atoms with Crippen molar-refractivity contribution in [3.63, 3.8) is 0 Å². The van der Waals surface area contributed by atoms with Crippen LogP contribution in [0.15, 0.2) is 0 Å². The van der Waals surface area contributed by atoms with Gasteiger partial charge in [0.2, 0.25) is 36.6 Å². The quantitative estimate of drug-likeness (QED) is 0.0924. The van der Waals surface area contributed by atoms with Crippen LogP contribution in [-0.4, -0.2) is 186 Å². The topological polar surface area (TPSA) is 371 Å². The van der Waals surface area contributed by atoms with E-state index in [1.54, 1.807) is 34.6 Å². The van der Waals surface area contributed by atoms with Gasteiger partial charge >= 0.3 is 72.7 Å². The van der Waals surface area contributed by atoms with E-state index in [0.717, 1.165) is 0 Å². The fourth-order valence-electron chi connectivity index (χ4n) is 5.00. The van der Waals surface area contributed by atoms with Gasteiger partial charge in [-0.05, 0) is 48.0 Å². The summed E-state index contributed by atoms with van der Waals surface area (Å²) < 4.78 is 82.2. The maximum Gasteiger partial charge on any atom is 0.509 e. The van der Waals surface area contributed by atoms with Gasteiger partial charge in [0.15, 0.2) is 17.8 Å². The van der Waals surface area contributed by atoms with Crippen molar-refractivity contribution in [1.82, 2.24) is 0 Å². The minimum Gasteiger partial charge on any atom is -0.463 e. The van der Waals surface area contributed by atoms with Crippen LogP contribution in [0.3, 0.4) is 0 Å². The highest BCUT2D eigenvalue weighted by molar-refractivity contribution is 5.83. The molecule has 6 heterocycles. The first-order chi connectivity index (χ1) is 38.8. The van der Waals surface area contributed by atoms with Crippen molar-refractivity contribution in [2.24, 2.45) is 0 Å². The first-order valence-corrected chi connectivity index (χ1v) is 23.7. The number of unbranched alkanes of at least 4 members (excludes halogenated alkanes) is 1. The van der Waals surface area contributed by atoms with Gasteiger partial charge in [0.25, 0.3) is 0 Å². The molecule has 6 aliphatic heterocycles. The van der Waals surface area contributed by atoms with Crippen molar-refractivity contribution in [2.75, 3.05) is 52.9 Å². The van der Waals surface area contributed by atoms with Crippen LogP contribution in [-0.2, 0) is 114 Å². The molecular weight excluding hydrogens is 1100 g/mol. The molecule has 0 bridgehead atoms. The van der Waals surface area contributed by atoms with Crippen LogP contribution in [0, 0.1) is 73.6 Å². The smallest absolute Gasteiger partial charge is 0.463 e. The third-order valence-electron chi connectivity index (χ3n) is 8.92. The molecule has 6 saturated heterocycles. The van der Waals surface area contributed by atoms with E-state index in [-0.39, 0.29) is 59.0 Å². The number of rotatable bonds is 16. The van der Waals surface area contributed by atoms with Gasteiger partial charge in [0.1, 0.15) is 52.4 Å². The van der Waals surface area contributed by atoms with Gasteiger partial charge in [-0.25, -0.2) is 57.5 Å². The molecule has 444 valence electrons. The Labute approximate surface area is 468 Å². The highest BCUT2D eigenvalue weighted by Gasteiger charge is 2.38. The average Bonchev–Trinajstić information content (AvgIpc) is 4.34. The van der Waals surface area contributed by atoms with Crippen molar-refractivity contribution in [1.29, 1.82) is 0 Å². The molecule has 9 unspecified atom stereocenters. The lowest BCUT2D eigenvalue weighted by molar-refractivity contribution is -0.160. The van der Waals surface area contributed by atoms with Crippen molar-refractivity contribution < 1.29 is 143 Å². The summed E-state index contributed by atoms with van der Waals surface area (Å²) in [5, 5.41) is 0. The van der Waals surface area contributed by atoms with Crippen LogP contribution in [0.2, 0.25) is 0 Å². The Hall–Kier alpha value is -10.2. The van der Waals surface area contributed by atoms with E-state index in [2.05, 4.69) is 103 Å². The first-order valence-electron chi connectivity index (χ1n) is 23.7. The molecular formula is C52H56O30. The predicted molar refractivity (Wildman–Crippen MR) is 262 cm³/mol. The molecule has 0 saturated carbocycles. The van der Waals surface area contributed by atoms with Crippen molar-refractivity contribution in [3.05, 3.63) is 0 Å². The largest absolute Gasteiger partial charge is 0.509 e. The molecule has 30 heteroatoms. The fourth-order valence-corrected chi connectivity index (χ4v) is 5.00. The molecule has 9 atom stereocenters. The molecule has 0 aliphatic carbocycles. The molecule has 0 radical (unpaired) electrons. The summed E-state index contributed by atoms with van der Waals surface area (Å²) in [5.74, 6) is 13.0. The maximum atomic E-state index is 11.3. The zero-order chi connectivity index (χ0) is 61.8. The lowest BCUT2D eigenvalue weighted by Crippen LogP contribution is -2.34. The third kappa shape index (κ3) is 29.0.